The molecule has 0 saturated carbocycles. The fraction of sp³-hybridized carbons (Fsp3) is 1.00. The topological polar surface area (TPSA) is 94.5 Å². The number of aliphatic hydroxyl groups is 2. The van der Waals surface area contributed by atoms with Crippen molar-refractivity contribution in [1.29, 1.82) is 0 Å². The summed E-state index contributed by atoms with van der Waals surface area (Å²) in [6, 6.07) is 0. The molecule has 8 heteroatoms. The van der Waals surface area contributed by atoms with Crippen LogP contribution in [0.1, 0.15) is 0 Å². The van der Waals surface area contributed by atoms with E-state index in [1.165, 1.54) is 14.2 Å². The van der Waals surface area contributed by atoms with E-state index >= 15 is 0 Å². The molecule has 0 bridgehead atoms. The number of ether oxygens (including phenoxy) is 1. The predicted molar refractivity (Wildman–Crippen MR) is 49.3 cm³/mol. The summed E-state index contributed by atoms with van der Waals surface area (Å²) in [5, 5.41) is 18.5. The maximum atomic E-state index is 11.4. The zero-order valence-corrected chi connectivity index (χ0v) is 9.42. The van der Waals surface area contributed by atoms with Crippen LogP contribution in [0.15, 0.2) is 0 Å². The van der Waals surface area contributed by atoms with E-state index in [0.717, 1.165) is 0 Å². The van der Waals surface area contributed by atoms with E-state index in [-0.39, 0.29) is 13.2 Å². The normalized spacial score (nSPS) is 32.1. The third-order valence-electron chi connectivity index (χ3n) is 2.10. The Balaban J connectivity index is 2.40. The van der Waals surface area contributed by atoms with Crippen LogP contribution in [-0.2, 0) is 22.9 Å². The largest absolute Gasteiger partial charge is 0.474 e. The zero-order valence-electron chi connectivity index (χ0n) is 8.53. The molecule has 1 rings (SSSR count). The molecule has 7 nitrogen and oxygen atoms in total. The highest BCUT2D eigenvalue weighted by atomic mass is 31.2. The summed E-state index contributed by atoms with van der Waals surface area (Å²) < 4.78 is 30.3. The Labute approximate surface area is 87.5 Å². The Kier molecular flexibility index (Phi) is 4.66. The molecule has 0 aliphatic carbocycles. The van der Waals surface area contributed by atoms with Crippen LogP contribution in [0.2, 0.25) is 0 Å². The van der Waals surface area contributed by atoms with Crippen LogP contribution in [0.25, 0.3) is 0 Å². The maximum absolute atomic E-state index is 11.4. The average molecular weight is 242 g/mol. The maximum Gasteiger partial charge on any atom is 0.474 e. The standard InChI is InChI=1S/C7H15O7P/c1-11-15(10,12-2)14-4-6-7(9)5(8)3-13-6/h5-9H,3-4H2,1-2H3/t5-,6-,7-/m1/s1. The minimum Gasteiger partial charge on any atom is -0.388 e. The molecule has 0 radical (unpaired) electrons. The third kappa shape index (κ3) is 3.22. The summed E-state index contributed by atoms with van der Waals surface area (Å²) in [7, 11) is -1.18. The lowest BCUT2D eigenvalue weighted by Gasteiger charge is -2.18. The van der Waals surface area contributed by atoms with E-state index in [0.29, 0.717) is 0 Å². The highest BCUT2D eigenvalue weighted by molar-refractivity contribution is 7.48. The van der Waals surface area contributed by atoms with E-state index < -0.39 is 26.1 Å². The van der Waals surface area contributed by atoms with Crippen molar-refractivity contribution in [2.45, 2.75) is 18.3 Å². The van der Waals surface area contributed by atoms with Gasteiger partial charge in [-0.1, -0.05) is 0 Å². The molecule has 1 fully saturated rings. The van der Waals surface area contributed by atoms with Crippen molar-refractivity contribution in [3.8, 4) is 0 Å². The third-order valence-corrected chi connectivity index (χ3v) is 3.46. The lowest BCUT2D eigenvalue weighted by Crippen LogP contribution is -2.32. The zero-order chi connectivity index (χ0) is 11.5. The number of hydrogen-bond acceptors (Lipinski definition) is 7. The van der Waals surface area contributed by atoms with Gasteiger partial charge < -0.3 is 14.9 Å². The van der Waals surface area contributed by atoms with E-state index in [1.807, 2.05) is 0 Å². The fourth-order valence-corrected chi connectivity index (χ4v) is 1.85. The van der Waals surface area contributed by atoms with Gasteiger partial charge in [-0.2, -0.15) is 0 Å². The first kappa shape index (κ1) is 13.1. The highest BCUT2D eigenvalue weighted by Gasteiger charge is 2.36. The predicted octanol–water partition coefficient (Wildman–Crippen LogP) is -0.476. The second-order valence-electron chi connectivity index (χ2n) is 3.04. The molecular weight excluding hydrogens is 227 g/mol. The molecule has 1 aliphatic rings. The van der Waals surface area contributed by atoms with Crippen LogP contribution < -0.4 is 0 Å². The number of phosphoric acid groups is 1. The summed E-state index contributed by atoms with van der Waals surface area (Å²) >= 11 is 0. The van der Waals surface area contributed by atoms with E-state index in [4.69, 9.17) is 14.4 Å². The van der Waals surface area contributed by atoms with Gasteiger partial charge in [-0.15, -0.1) is 0 Å². The molecule has 1 saturated heterocycles. The molecule has 3 atom stereocenters. The van der Waals surface area contributed by atoms with Gasteiger partial charge in [-0.05, 0) is 0 Å². The molecule has 0 unspecified atom stereocenters. The highest BCUT2D eigenvalue weighted by Crippen LogP contribution is 2.47. The molecule has 15 heavy (non-hydrogen) atoms. The number of rotatable bonds is 5. The molecule has 0 amide bonds. The Morgan fingerprint density at radius 1 is 1.40 bits per heavy atom. The van der Waals surface area contributed by atoms with Gasteiger partial charge in [0, 0.05) is 14.2 Å². The molecule has 90 valence electrons. The van der Waals surface area contributed by atoms with Crippen molar-refractivity contribution in [2.24, 2.45) is 0 Å². The molecule has 2 N–H and O–H groups in total. The van der Waals surface area contributed by atoms with Gasteiger partial charge in [0.05, 0.1) is 13.2 Å². The van der Waals surface area contributed by atoms with Gasteiger partial charge in [-0.3, -0.25) is 13.6 Å². The Bertz CT molecular complexity index is 237. The summed E-state index contributed by atoms with van der Waals surface area (Å²) in [5.41, 5.74) is 0. The van der Waals surface area contributed by atoms with E-state index in [9.17, 15) is 9.67 Å². The Morgan fingerprint density at radius 3 is 2.40 bits per heavy atom. The lowest BCUT2D eigenvalue weighted by molar-refractivity contribution is -0.00846. The Hall–Kier alpha value is -0.0100. The van der Waals surface area contributed by atoms with Gasteiger partial charge >= 0.3 is 7.82 Å². The second-order valence-corrected chi connectivity index (χ2v) is 4.92. The SMILES string of the molecule is COP(=O)(OC)OC[C@H]1OC[C@@H](O)[C@H]1O. The fourth-order valence-electron chi connectivity index (χ4n) is 1.16. The van der Waals surface area contributed by atoms with Crippen molar-refractivity contribution < 1.29 is 33.1 Å². The molecule has 0 aromatic carbocycles. The smallest absolute Gasteiger partial charge is 0.388 e. The molecule has 0 aromatic heterocycles. The van der Waals surface area contributed by atoms with Crippen molar-refractivity contribution >= 4 is 7.82 Å². The number of hydrogen-bond donors (Lipinski definition) is 2. The van der Waals surface area contributed by atoms with Crippen molar-refractivity contribution in [2.75, 3.05) is 27.4 Å². The summed E-state index contributed by atoms with van der Waals surface area (Å²) in [5.74, 6) is 0. The van der Waals surface area contributed by atoms with Crippen LogP contribution in [0.5, 0.6) is 0 Å². The quantitative estimate of drug-likeness (QED) is 0.629. The second kappa shape index (κ2) is 5.36. The van der Waals surface area contributed by atoms with Crippen molar-refractivity contribution in [1.82, 2.24) is 0 Å². The summed E-state index contributed by atoms with van der Waals surface area (Å²) in [6.45, 7) is -0.142. The van der Waals surface area contributed by atoms with Gasteiger partial charge in [0.25, 0.3) is 0 Å². The lowest BCUT2D eigenvalue weighted by atomic mass is 10.2. The van der Waals surface area contributed by atoms with Gasteiger partial charge in [0.15, 0.2) is 0 Å². The minimum absolute atomic E-state index is 0.0272. The van der Waals surface area contributed by atoms with Crippen LogP contribution in [0.4, 0.5) is 0 Å². The van der Waals surface area contributed by atoms with Gasteiger partial charge in [-0.25, -0.2) is 4.57 Å². The van der Waals surface area contributed by atoms with E-state index in [1.54, 1.807) is 0 Å². The molecule has 0 spiro atoms. The van der Waals surface area contributed by atoms with Crippen LogP contribution in [0.3, 0.4) is 0 Å². The van der Waals surface area contributed by atoms with Crippen LogP contribution >= 0.6 is 7.82 Å². The summed E-state index contributed by atoms with van der Waals surface area (Å²) in [4.78, 5) is 0. The van der Waals surface area contributed by atoms with Crippen molar-refractivity contribution in [3.63, 3.8) is 0 Å². The number of aliphatic hydroxyl groups excluding tert-OH is 2. The number of phosphoric ester groups is 1. The van der Waals surface area contributed by atoms with Crippen molar-refractivity contribution in [3.05, 3.63) is 0 Å². The first-order valence-electron chi connectivity index (χ1n) is 4.36. The summed E-state index contributed by atoms with van der Waals surface area (Å²) in [6.07, 6.45) is -2.71. The average Bonchev–Trinajstić information content (AvgIpc) is 2.57. The van der Waals surface area contributed by atoms with Crippen LogP contribution in [0, 0.1) is 0 Å². The first-order chi connectivity index (χ1) is 7.02. The van der Waals surface area contributed by atoms with E-state index in [2.05, 4.69) is 9.05 Å². The molecular formula is C7H15O7P. The molecule has 1 heterocycles. The van der Waals surface area contributed by atoms with Gasteiger partial charge in [0.2, 0.25) is 0 Å². The molecule has 1 aliphatic heterocycles. The van der Waals surface area contributed by atoms with Crippen LogP contribution in [-0.4, -0.2) is 56.0 Å². The first-order valence-corrected chi connectivity index (χ1v) is 5.82. The van der Waals surface area contributed by atoms with Gasteiger partial charge in [0.1, 0.15) is 18.3 Å². The molecule has 0 aromatic rings. The monoisotopic (exact) mass is 242 g/mol. The Morgan fingerprint density at radius 2 is 2.00 bits per heavy atom. The minimum atomic E-state index is -3.55.